The Labute approximate surface area is 181 Å². The summed E-state index contributed by atoms with van der Waals surface area (Å²) < 4.78 is 13.7. The van der Waals surface area contributed by atoms with Crippen LogP contribution in [-0.2, 0) is 11.2 Å². The molecule has 8 heteroatoms. The number of aromatic nitrogens is 2. The van der Waals surface area contributed by atoms with E-state index in [9.17, 15) is 9.18 Å². The fourth-order valence-corrected chi connectivity index (χ4v) is 3.48. The molecule has 2 N–H and O–H groups in total. The zero-order chi connectivity index (χ0) is 22.4. The molecule has 0 radical (unpaired) electrons. The van der Waals surface area contributed by atoms with Crippen LogP contribution in [0.1, 0.15) is 25.2 Å². The van der Waals surface area contributed by atoms with Gasteiger partial charge in [-0.05, 0) is 37.4 Å². The minimum atomic E-state index is -0.662. The molecule has 1 aromatic heterocycles. The number of H-pyrrole nitrogens is 1. The van der Waals surface area contributed by atoms with Crippen LogP contribution in [0.3, 0.4) is 0 Å². The summed E-state index contributed by atoms with van der Waals surface area (Å²) in [4.78, 5) is 24.7. The molecule has 0 saturated carbocycles. The lowest BCUT2D eigenvalue weighted by Crippen LogP contribution is -2.44. The van der Waals surface area contributed by atoms with E-state index in [4.69, 9.17) is 5.26 Å². The lowest BCUT2D eigenvalue weighted by atomic mass is 10.2. The number of hydrogen-bond donors (Lipinski definition) is 2. The van der Waals surface area contributed by atoms with E-state index < -0.39 is 5.82 Å². The lowest BCUT2D eigenvalue weighted by Gasteiger charge is -2.34. The minimum absolute atomic E-state index is 0.0000950. The first-order valence-corrected chi connectivity index (χ1v) is 10.4. The standard InChI is InChI=1S/C21H21FN6O.C2H6/c1-27-7-9-28(10-8-27)14-5-6-18-19(11-14)25-20(24-18)12-21(29)26-17-4-2-3-16(22)15(17)13-23;1-2/h2-6,11H,7-10,12H2,1H3,(H,24,25)(H,26,29);1-2H3. The highest BCUT2D eigenvalue weighted by molar-refractivity contribution is 5.93. The molecular weight excluding hydrogens is 395 g/mol. The van der Waals surface area contributed by atoms with Crippen molar-refractivity contribution in [2.75, 3.05) is 43.4 Å². The zero-order valence-corrected chi connectivity index (χ0v) is 18.1. The van der Waals surface area contributed by atoms with Gasteiger partial charge in [-0.2, -0.15) is 5.26 Å². The van der Waals surface area contributed by atoms with Gasteiger partial charge in [-0.25, -0.2) is 9.37 Å². The van der Waals surface area contributed by atoms with Crippen molar-refractivity contribution in [2.24, 2.45) is 0 Å². The average Bonchev–Trinajstić information content (AvgIpc) is 3.17. The van der Waals surface area contributed by atoms with Crippen LogP contribution in [-0.4, -0.2) is 54.0 Å². The van der Waals surface area contributed by atoms with E-state index >= 15 is 0 Å². The predicted octanol–water partition coefficient (Wildman–Crippen LogP) is 3.53. The fourth-order valence-electron chi connectivity index (χ4n) is 3.48. The van der Waals surface area contributed by atoms with Gasteiger partial charge < -0.3 is 20.1 Å². The third kappa shape index (κ3) is 5.19. The van der Waals surface area contributed by atoms with Crippen LogP contribution in [0.4, 0.5) is 15.8 Å². The molecule has 1 fully saturated rings. The summed E-state index contributed by atoms with van der Waals surface area (Å²) in [6.45, 7) is 7.99. The van der Waals surface area contributed by atoms with Gasteiger partial charge in [0.2, 0.25) is 5.91 Å². The number of benzene rings is 2. The second-order valence-corrected chi connectivity index (χ2v) is 7.17. The molecule has 0 spiro atoms. The number of rotatable bonds is 4. The Morgan fingerprint density at radius 2 is 1.97 bits per heavy atom. The van der Waals surface area contributed by atoms with Gasteiger partial charge in [-0.1, -0.05) is 19.9 Å². The van der Waals surface area contributed by atoms with E-state index in [1.807, 2.05) is 26.0 Å². The SMILES string of the molecule is CC.CN1CCN(c2ccc3nc(CC(=O)Nc4cccc(F)c4C#N)[nH]c3c2)CC1. The molecule has 0 aliphatic carbocycles. The molecule has 2 heterocycles. The molecule has 2 aromatic carbocycles. The molecule has 0 bridgehead atoms. The number of hydrogen-bond acceptors (Lipinski definition) is 5. The van der Waals surface area contributed by atoms with Crippen LogP contribution in [0.25, 0.3) is 11.0 Å². The number of nitrogens with zero attached hydrogens (tertiary/aromatic N) is 4. The number of nitriles is 1. The number of nitrogens with one attached hydrogen (secondary N) is 2. The Morgan fingerprint density at radius 1 is 1.23 bits per heavy atom. The van der Waals surface area contributed by atoms with E-state index in [1.54, 1.807) is 6.07 Å². The number of anilines is 2. The van der Waals surface area contributed by atoms with Gasteiger partial charge >= 0.3 is 0 Å². The maximum atomic E-state index is 13.7. The molecule has 162 valence electrons. The van der Waals surface area contributed by atoms with E-state index in [-0.39, 0.29) is 23.6 Å². The highest BCUT2D eigenvalue weighted by atomic mass is 19.1. The summed E-state index contributed by atoms with van der Waals surface area (Å²) in [6.07, 6.45) is -0.0000950. The number of likely N-dealkylation sites (N-methyl/N-ethyl adjacent to an activating group) is 1. The fraction of sp³-hybridized carbons (Fsp3) is 0.348. The van der Waals surface area contributed by atoms with Gasteiger partial charge in [0.05, 0.1) is 23.1 Å². The first-order chi connectivity index (χ1) is 15.0. The summed E-state index contributed by atoms with van der Waals surface area (Å²) in [5.74, 6) is -0.515. The van der Waals surface area contributed by atoms with Gasteiger partial charge in [-0.3, -0.25) is 4.79 Å². The smallest absolute Gasteiger partial charge is 0.232 e. The number of fused-ring (bicyclic) bond motifs is 1. The molecule has 0 atom stereocenters. The van der Waals surface area contributed by atoms with Crippen molar-refractivity contribution < 1.29 is 9.18 Å². The van der Waals surface area contributed by atoms with E-state index in [1.165, 1.54) is 18.2 Å². The Balaban J connectivity index is 0.00000132. The van der Waals surface area contributed by atoms with Crippen LogP contribution >= 0.6 is 0 Å². The number of piperazine rings is 1. The number of amides is 1. The van der Waals surface area contributed by atoms with Gasteiger partial charge in [0, 0.05) is 31.9 Å². The van der Waals surface area contributed by atoms with Crippen molar-refractivity contribution in [3.8, 4) is 6.07 Å². The summed E-state index contributed by atoms with van der Waals surface area (Å²) in [5.41, 5.74) is 2.76. The van der Waals surface area contributed by atoms with Gasteiger partial charge in [0.15, 0.2) is 0 Å². The van der Waals surface area contributed by atoms with E-state index in [0.29, 0.717) is 5.82 Å². The van der Waals surface area contributed by atoms with E-state index in [2.05, 4.69) is 38.2 Å². The zero-order valence-electron chi connectivity index (χ0n) is 18.1. The summed E-state index contributed by atoms with van der Waals surface area (Å²) in [6, 6.07) is 12.0. The van der Waals surface area contributed by atoms with Gasteiger partial charge in [0.1, 0.15) is 23.3 Å². The third-order valence-electron chi connectivity index (χ3n) is 5.11. The lowest BCUT2D eigenvalue weighted by molar-refractivity contribution is -0.115. The van der Waals surface area contributed by atoms with Crippen molar-refractivity contribution in [1.29, 1.82) is 5.26 Å². The second-order valence-electron chi connectivity index (χ2n) is 7.17. The van der Waals surface area contributed by atoms with Crippen molar-refractivity contribution >= 4 is 28.3 Å². The van der Waals surface area contributed by atoms with Crippen LogP contribution in [0.15, 0.2) is 36.4 Å². The molecule has 1 aliphatic rings. The molecule has 1 aliphatic heterocycles. The third-order valence-corrected chi connectivity index (χ3v) is 5.11. The Kier molecular flexibility index (Phi) is 7.21. The minimum Gasteiger partial charge on any atom is -0.369 e. The molecule has 7 nitrogen and oxygen atoms in total. The maximum absolute atomic E-state index is 13.7. The highest BCUT2D eigenvalue weighted by Gasteiger charge is 2.16. The Hall–Kier alpha value is -3.44. The monoisotopic (exact) mass is 422 g/mol. The van der Waals surface area contributed by atoms with Crippen LogP contribution in [0.2, 0.25) is 0 Å². The average molecular weight is 423 g/mol. The number of imidazole rings is 1. The van der Waals surface area contributed by atoms with E-state index in [0.717, 1.165) is 42.9 Å². The van der Waals surface area contributed by atoms with Gasteiger partial charge in [0.25, 0.3) is 0 Å². The highest BCUT2D eigenvalue weighted by Crippen LogP contribution is 2.22. The largest absolute Gasteiger partial charge is 0.369 e. The maximum Gasteiger partial charge on any atom is 0.232 e. The number of halogens is 1. The predicted molar refractivity (Wildman–Crippen MR) is 121 cm³/mol. The summed E-state index contributed by atoms with van der Waals surface area (Å²) in [5, 5.41) is 11.7. The van der Waals surface area contributed by atoms with Crippen molar-refractivity contribution in [1.82, 2.24) is 14.9 Å². The molecule has 4 rings (SSSR count). The second kappa shape index (κ2) is 10.0. The quantitative estimate of drug-likeness (QED) is 0.672. The Morgan fingerprint density at radius 3 is 2.68 bits per heavy atom. The van der Waals surface area contributed by atoms with Crippen molar-refractivity contribution in [3.05, 3.63) is 53.6 Å². The molecule has 1 amide bonds. The number of carbonyl (C=O) groups is 1. The molecule has 3 aromatic rings. The first kappa shape index (κ1) is 22.2. The number of aromatic amines is 1. The van der Waals surface area contributed by atoms with Crippen molar-refractivity contribution in [2.45, 2.75) is 20.3 Å². The molecular formula is C23H27FN6O. The van der Waals surface area contributed by atoms with Crippen LogP contribution < -0.4 is 10.2 Å². The first-order valence-electron chi connectivity index (χ1n) is 10.4. The molecule has 1 saturated heterocycles. The molecule has 31 heavy (non-hydrogen) atoms. The van der Waals surface area contributed by atoms with Crippen LogP contribution in [0.5, 0.6) is 0 Å². The Bertz CT molecular complexity index is 1100. The van der Waals surface area contributed by atoms with Crippen molar-refractivity contribution in [3.63, 3.8) is 0 Å². The summed E-state index contributed by atoms with van der Waals surface area (Å²) in [7, 11) is 2.12. The van der Waals surface area contributed by atoms with Crippen LogP contribution in [0, 0.1) is 17.1 Å². The molecule has 0 unspecified atom stereocenters. The van der Waals surface area contributed by atoms with Gasteiger partial charge in [-0.15, -0.1) is 0 Å². The normalized spacial score (nSPS) is 14.0. The number of carbonyl (C=O) groups excluding carboxylic acids is 1. The summed E-state index contributed by atoms with van der Waals surface area (Å²) >= 11 is 0. The topological polar surface area (TPSA) is 88.0 Å².